The number of hydrogen-bond donors (Lipinski definition) is 3. The topological polar surface area (TPSA) is 129 Å². The van der Waals surface area contributed by atoms with Crippen LogP contribution in [0.15, 0.2) is 144 Å². The Kier molecular flexibility index (Phi) is 9.10. The third-order valence-corrected chi connectivity index (χ3v) is 12.5. The average molecular weight is 587 g/mol. The second-order valence-electron chi connectivity index (χ2n) is 9.01. The van der Waals surface area contributed by atoms with Gasteiger partial charge in [0.15, 0.2) is 0 Å². The molecule has 9 heteroatoms. The van der Waals surface area contributed by atoms with Gasteiger partial charge >= 0.3 is 184 Å². The summed E-state index contributed by atoms with van der Waals surface area (Å²) in [7, 11) is -7.40. The molecular weight excluding hydrogens is 559 g/mol. The van der Waals surface area contributed by atoms with Crippen LogP contribution in [-0.2, 0) is 10.1 Å². The number of hydrogen-bond acceptors (Lipinski definition) is 4. The van der Waals surface area contributed by atoms with Crippen molar-refractivity contribution in [3.8, 4) is 0 Å². The van der Waals surface area contributed by atoms with Gasteiger partial charge in [-0.15, -0.1) is 0 Å². The molecule has 0 saturated carbocycles. The van der Waals surface area contributed by atoms with Gasteiger partial charge in [-0.3, -0.25) is 0 Å². The van der Waals surface area contributed by atoms with Crippen LogP contribution >= 0.6 is 7.26 Å². The average Bonchev–Trinajstić information content (AvgIpc) is 2.99. The van der Waals surface area contributed by atoms with E-state index in [0.29, 0.717) is 5.30 Å². The van der Waals surface area contributed by atoms with E-state index in [1.54, 1.807) is 6.07 Å². The maximum atomic E-state index is 12.4. The summed E-state index contributed by atoms with van der Waals surface area (Å²) in [5.41, 5.74) is -0.0372. The molecule has 0 atom stereocenters. The quantitative estimate of drug-likeness (QED) is 0.191. The van der Waals surface area contributed by atoms with Crippen molar-refractivity contribution in [1.82, 2.24) is 0 Å². The van der Waals surface area contributed by atoms with Crippen molar-refractivity contribution in [3.05, 3.63) is 151 Å². The molecule has 5 aromatic rings. The van der Waals surface area contributed by atoms with Crippen LogP contribution in [-0.4, -0.2) is 35.1 Å². The third-order valence-electron chi connectivity index (χ3n) is 6.55. The van der Waals surface area contributed by atoms with Crippen molar-refractivity contribution in [1.29, 1.82) is 0 Å². The first-order valence-electron chi connectivity index (χ1n) is 12.5. The molecule has 5 aromatic carbocycles. The third kappa shape index (κ3) is 6.42. The molecule has 0 radical (unpaired) electrons. The van der Waals surface area contributed by atoms with E-state index in [0.717, 1.165) is 22.0 Å². The van der Waals surface area contributed by atoms with Gasteiger partial charge in [0.25, 0.3) is 0 Å². The minimum absolute atomic E-state index is 0.0186. The summed E-state index contributed by atoms with van der Waals surface area (Å²) < 4.78 is 34.8. The summed E-state index contributed by atoms with van der Waals surface area (Å²) in [4.78, 5) is 20.7. The summed E-state index contributed by atoms with van der Waals surface area (Å²) >= 11 is 0. The van der Waals surface area contributed by atoms with Crippen molar-refractivity contribution in [2.45, 2.75) is 4.90 Å². The normalized spacial score (nSPS) is 11.5. The molecule has 0 aliphatic rings. The van der Waals surface area contributed by atoms with Crippen LogP contribution in [0.1, 0.15) is 20.7 Å². The molecule has 0 fully saturated rings. The zero-order valence-corrected chi connectivity index (χ0v) is 23.5. The second kappa shape index (κ2) is 12.7. The molecule has 0 aromatic heterocycles. The van der Waals surface area contributed by atoms with Crippen LogP contribution in [0.5, 0.6) is 0 Å². The predicted molar refractivity (Wildman–Crippen MR) is 163 cm³/mol. The molecule has 0 bridgehead atoms. The van der Waals surface area contributed by atoms with Gasteiger partial charge in [-0.25, -0.2) is 9.59 Å². The number of carboxylic acid groups (broad SMARTS) is 2. The van der Waals surface area contributed by atoms with Gasteiger partial charge in [-0.1, -0.05) is 6.07 Å². The van der Waals surface area contributed by atoms with Crippen LogP contribution in [0.25, 0.3) is 0 Å². The Morgan fingerprint density at radius 1 is 0.512 bits per heavy atom. The first-order valence-corrected chi connectivity index (χ1v) is 15.9. The zero-order valence-electron chi connectivity index (χ0n) is 21.7. The van der Waals surface area contributed by atoms with Gasteiger partial charge in [0.05, 0.1) is 11.1 Å². The number of carbonyl (C=O) groups is 2. The Morgan fingerprint density at radius 3 is 1.24 bits per heavy atom. The Hall–Kier alpha value is -4.62. The monoisotopic (exact) mass is 586 g/mol. The Morgan fingerprint density at radius 2 is 0.878 bits per heavy atom. The fourth-order valence-corrected chi connectivity index (χ4v) is 11.1. The van der Waals surface area contributed by atoms with Crippen molar-refractivity contribution in [2.75, 3.05) is 0 Å². The van der Waals surface area contributed by atoms with E-state index >= 15 is 0 Å². The van der Waals surface area contributed by atoms with Crippen molar-refractivity contribution >= 4 is 50.5 Å². The minimum atomic E-state index is -4.41. The predicted octanol–water partition coefficient (Wildman–Crippen LogP) is 4.37. The SMILES string of the molecule is O=C(O)c1cccc(C(=O)O)c1.O=S(=O)(O)c1ccccc1[PH](c1ccccc1)(c1ccccc1)c1ccccc1. The van der Waals surface area contributed by atoms with E-state index in [2.05, 4.69) is 0 Å². The van der Waals surface area contributed by atoms with Crippen molar-refractivity contribution < 1.29 is 32.8 Å². The Bertz CT molecular complexity index is 1630. The van der Waals surface area contributed by atoms with Crippen LogP contribution in [0.2, 0.25) is 0 Å². The Balaban J connectivity index is 0.000000271. The van der Waals surface area contributed by atoms with Crippen LogP contribution < -0.4 is 21.2 Å². The van der Waals surface area contributed by atoms with Gasteiger partial charge in [-0.05, 0) is 18.2 Å². The number of carboxylic acids is 2. The van der Waals surface area contributed by atoms with Crippen molar-refractivity contribution in [3.63, 3.8) is 0 Å². The van der Waals surface area contributed by atoms with E-state index in [9.17, 15) is 22.6 Å². The molecule has 0 heterocycles. The van der Waals surface area contributed by atoms with Crippen molar-refractivity contribution in [2.24, 2.45) is 0 Å². The maximum absolute atomic E-state index is 12.4. The van der Waals surface area contributed by atoms with E-state index in [-0.39, 0.29) is 16.0 Å². The molecule has 0 spiro atoms. The van der Waals surface area contributed by atoms with Crippen LogP contribution in [0.4, 0.5) is 0 Å². The van der Waals surface area contributed by atoms with Crippen LogP contribution in [0, 0.1) is 0 Å². The Labute approximate surface area is 238 Å². The number of aromatic carboxylic acids is 2. The summed E-state index contributed by atoms with van der Waals surface area (Å²) in [5.74, 6) is -2.25. The summed E-state index contributed by atoms with van der Waals surface area (Å²) in [6, 6.07) is 42.0. The molecule has 41 heavy (non-hydrogen) atoms. The van der Waals surface area contributed by atoms with E-state index in [1.165, 1.54) is 24.3 Å². The van der Waals surface area contributed by atoms with E-state index in [4.69, 9.17) is 10.2 Å². The molecule has 0 saturated heterocycles. The molecule has 3 N–H and O–H groups in total. The fraction of sp³-hybridized carbons (Fsp3) is 0. The van der Waals surface area contributed by atoms with E-state index < -0.39 is 29.3 Å². The molecule has 0 unspecified atom stereocenters. The molecule has 0 amide bonds. The molecule has 7 nitrogen and oxygen atoms in total. The zero-order chi connectivity index (χ0) is 29.5. The van der Waals surface area contributed by atoms with Gasteiger partial charge < -0.3 is 10.2 Å². The second-order valence-corrected chi connectivity index (χ2v) is 14.2. The molecule has 208 valence electrons. The molecule has 5 rings (SSSR count). The first-order chi connectivity index (χ1) is 19.7. The first kappa shape index (κ1) is 29.4. The van der Waals surface area contributed by atoms with Gasteiger partial charge in [0.1, 0.15) is 0 Å². The van der Waals surface area contributed by atoms with Gasteiger partial charge in [0, 0.05) is 0 Å². The fourth-order valence-electron chi connectivity index (χ4n) is 4.82. The summed E-state index contributed by atoms with van der Waals surface area (Å²) in [6.07, 6.45) is 0. The summed E-state index contributed by atoms with van der Waals surface area (Å²) in [6.45, 7) is 0. The van der Waals surface area contributed by atoms with Gasteiger partial charge in [0.2, 0.25) is 0 Å². The number of rotatable bonds is 7. The number of benzene rings is 5. The van der Waals surface area contributed by atoms with Gasteiger partial charge in [-0.2, -0.15) is 0 Å². The van der Waals surface area contributed by atoms with E-state index in [1.807, 2.05) is 103 Å². The molecule has 0 aliphatic heterocycles. The molecular formula is C32H27O7PS. The summed E-state index contributed by atoms with van der Waals surface area (Å²) in [5, 5.41) is 20.8. The standard InChI is InChI=1S/C24H21O3PS.C8H6O4/c25-29(26,27)24-19-11-10-18-23(24)28(20-12-4-1-5-13-20,21-14-6-2-7-15-21)22-16-8-3-9-17-22;9-7(10)5-2-1-3-6(4-5)8(11)12/h1-19,28H,(H,25,26,27);1-4H,(H,9,10)(H,11,12). The molecule has 0 aliphatic carbocycles. The van der Waals surface area contributed by atoms with Crippen LogP contribution in [0.3, 0.4) is 0 Å².